The van der Waals surface area contributed by atoms with Crippen molar-refractivity contribution in [3.63, 3.8) is 0 Å². The van der Waals surface area contributed by atoms with Crippen molar-refractivity contribution in [2.45, 2.75) is 12.1 Å². The number of rotatable bonds is 4. The lowest BCUT2D eigenvalue weighted by Crippen LogP contribution is -2.27. The van der Waals surface area contributed by atoms with Gasteiger partial charge in [-0.3, -0.25) is 0 Å². The summed E-state index contributed by atoms with van der Waals surface area (Å²) < 4.78 is 1.96. The second kappa shape index (κ2) is 5.90. The van der Waals surface area contributed by atoms with E-state index in [2.05, 4.69) is 0 Å². The highest BCUT2D eigenvalue weighted by Crippen LogP contribution is 2.29. The van der Waals surface area contributed by atoms with E-state index in [-0.39, 0.29) is 12.6 Å². The zero-order valence-electron chi connectivity index (χ0n) is 11.4. The van der Waals surface area contributed by atoms with E-state index in [1.807, 2.05) is 65.4 Å². The van der Waals surface area contributed by atoms with Crippen molar-refractivity contribution in [3.05, 3.63) is 71.4 Å². The highest BCUT2D eigenvalue weighted by atomic mass is 35.5. The van der Waals surface area contributed by atoms with E-state index in [1.54, 1.807) is 0 Å². The molecular formula is C17H16ClNO2. The quantitative estimate of drug-likeness (QED) is 0.777. The number of fused-ring (bicyclic) bond motifs is 1. The molecule has 2 N–H and O–H groups in total. The highest BCUT2D eigenvalue weighted by Gasteiger charge is 2.23. The number of aliphatic hydroxyl groups is 2. The van der Waals surface area contributed by atoms with Crippen molar-refractivity contribution in [1.82, 2.24) is 4.57 Å². The molecule has 108 valence electrons. The molecule has 3 aromatic rings. The number of nitrogens with zero attached hydrogens (tertiary/aromatic N) is 1. The van der Waals surface area contributed by atoms with Crippen molar-refractivity contribution >= 4 is 22.5 Å². The summed E-state index contributed by atoms with van der Waals surface area (Å²) in [7, 11) is 0. The standard InChI is InChI=1S/C17H16ClNO2/c18-14-7-6-12-8-9-19(15(12)10-14)17(16(21)11-20)13-4-2-1-3-5-13/h1-10,16-17,20-21H,11H2/t16-,17+/m1/s1. The second-order valence-electron chi connectivity index (χ2n) is 5.03. The largest absolute Gasteiger partial charge is 0.394 e. The molecule has 2 atom stereocenters. The maximum Gasteiger partial charge on any atom is 0.102 e. The molecule has 0 aliphatic carbocycles. The number of halogens is 1. The predicted molar refractivity (Wildman–Crippen MR) is 84.6 cm³/mol. The molecule has 0 fully saturated rings. The third-order valence-electron chi connectivity index (χ3n) is 3.68. The number of hydrogen-bond donors (Lipinski definition) is 2. The van der Waals surface area contributed by atoms with E-state index >= 15 is 0 Å². The lowest BCUT2D eigenvalue weighted by atomic mass is 10.0. The van der Waals surface area contributed by atoms with Crippen LogP contribution < -0.4 is 0 Å². The molecule has 3 nitrogen and oxygen atoms in total. The molecule has 2 aromatic carbocycles. The number of benzene rings is 2. The van der Waals surface area contributed by atoms with Gasteiger partial charge in [-0.2, -0.15) is 0 Å². The number of aromatic nitrogens is 1. The van der Waals surface area contributed by atoms with Gasteiger partial charge in [0.15, 0.2) is 0 Å². The minimum absolute atomic E-state index is 0.306. The molecule has 0 saturated carbocycles. The zero-order valence-corrected chi connectivity index (χ0v) is 12.1. The Bertz CT molecular complexity index is 739. The molecule has 1 aromatic heterocycles. The Morgan fingerprint density at radius 3 is 2.52 bits per heavy atom. The van der Waals surface area contributed by atoms with Gasteiger partial charge in [-0.1, -0.05) is 48.0 Å². The van der Waals surface area contributed by atoms with Crippen LogP contribution in [0.15, 0.2) is 60.8 Å². The second-order valence-corrected chi connectivity index (χ2v) is 5.47. The maximum absolute atomic E-state index is 10.3. The Morgan fingerprint density at radius 1 is 1.05 bits per heavy atom. The van der Waals surface area contributed by atoms with Crippen LogP contribution in [0.5, 0.6) is 0 Å². The van der Waals surface area contributed by atoms with Gasteiger partial charge in [0.05, 0.1) is 18.2 Å². The summed E-state index contributed by atoms with van der Waals surface area (Å²) in [6.45, 7) is -0.306. The Labute approximate surface area is 128 Å². The average molecular weight is 302 g/mol. The van der Waals surface area contributed by atoms with E-state index in [1.165, 1.54) is 0 Å². The SMILES string of the molecule is OC[C@@H](O)[C@H](c1ccccc1)n1ccc2ccc(Cl)cc21. The average Bonchev–Trinajstić information content (AvgIpc) is 2.91. The van der Waals surface area contributed by atoms with E-state index in [0.717, 1.165) is 16.5 Å². The molecule has 3 rings (SSSR count). The van der Waals surface area contributed by atoms with Crippen LogP contribution >= 0.6 is 11.6 Å². The van der Waals surface area contributed by atoms with E-state index in [9.17, 15) is 10.2 Å². The van der Waals surface area contributed by atoms with Gasteiger partial charge in [0, 0.05) is 11.2 Å². The molecule has 0 radical (unpaired) electrons. The molecule has 0 bridgehead atoms. The summed E-state index contributed by atoms with van der Waals surface area (Å²) in [4.78, 5) is 0. The van der Waals surface area contributed by atoms with Crippen LogP contribution in [0.1, 0.15) is 11.6 Å². The van der Waals surface area contributed by atoms with E-state index < -0.39 is 6.10 Å². The first-order valence-corrected chi connectivity index (χ1v) is 7.18. The van der Waals surface area contributed by atoms with Gasteiger partial charge in [0.2, 0.25) is 0 Å². The molecular weight excluding hydrogens is 286 g/mol. The van der Waals surface area contributed by atoms with Gasteiger partial charge in [-0.25, -0.2) is 0 Å². The van der Waals surface area contributed by atoms with Crippen molar-refractivity contribution in [3.8, 4) is 0 Å². The van der Waals surface area contributed by atoms with E-state index in [4.69, 9.17) is 11.6 Å². The summed E-state index contributed by atoms with van der Waals surface area (Å²) in [5, 5.41) is 21.4. The summed E-state index contributed by atoms with van der Waals surface area (Å²) in [5.74, 6) is 0. The highest BCUT2D eigenvalue weighted by molar-refractivity contribution is 6.31. The summed E-state index contributed by atoms with van der Waals surface area (Å²) >= 11 is 6.09. The summed E-state index contributed by atoms with van der Waals surface area (Å²) in [6.07, 6.45) is 1.03. The molecule has 0 amide bonds. The summed E-state index contributed by atoms with van der Waals surface area (Å²) in [5.41, 5.74) is 1.88. The lowest BCUT2D eigenvalue weighted by Gasteiger charge is -2.25. The Kier molecular flexibility index (Phi) is 3.97. The molecule has 4 heteroatoms. The van der Waals surface area contributed by atoms with Crippen LogP contribution in [0.25, 0.3) is 10.9 Å². The maximum atomic E-state index is 10.3. The topological polar surface area (TPSA) is 45.4 Å². The molecule has 0 saturated heterocycles. The van der Waals surface area contributed by atoms with Gasteiger partial charge in [-0.15, -0.1) is 0 Å². The zero-order chi connectivity index (χ0) is 14.8. The van der Waals surface area contributed by atoms with Gasteiger partial charge >= 0.3 is 0 Å². The number of aliphatic hydroxyl groups excluding tert-OH is 2. The van der Waals surface area contributed by atoms with Crippen LogP contribution in [-0.4, -0.2) is 27.5 Å². The molecule has 0 unspecified atom stereocenters. The van der Waals surface area contributed by atoms with Crippen molar-refractivity contribution in [1.29, 1.82) is 0 Å². The van der Waals surface area contributed by atoms with Crippen LogP contribution in [0, 0.1) is 0 Å². The first kappa shape index (κ1) is 14.1. The third kappa shape index (κ3) is 2.68. The molecule has 21 heavy (non-hydrogen) atoms. The monoisotopic (exact) mass is 301 g/mol. The smallest absolute Gasteiger partial charge is 0.102 e. The van der Waals surface area contributed by atoms with Gasteiger partial charge in [-0.05, 0) is 29.1 Å². The molecule has 0 aliphatic rings. The Hall–Kier alpha value is -1.81. The molecule has 0 spiro atoms. The predicted octanol–water partition coefficient (Wildman–Crippen LogP) is 3.24. The van der Waals surface area contributed by atoms with Crippen molar-refractivity contribution < 1.29 is 10.2 Å². The minimum Gasteiger partial charge on any atom is -0.394 e. The lowest BCUT2D eigenvalue weighted by molar-refractivity contribution is 0.0654. The number of hydrogen-bond acceptors (Lipinski definition) is 2. The van der Waals surface area contributed by atoms with Gasteiger partial charge in [0.25, 0.3) is 0 Å². The normalized spacial score (nSPS) is 14.2. The minimum atomic E-state index is -0.887. The fraction of sp³-hybridized carbons (Fsp3) is 0.176. The van der Waals surface area contributed by atoms with Crippen molar-refractivity contribution in [2.75, 3.05) is 6.61 Å². The fourth-order valence-electron chi connectivity index (χ4n) is 2.68. The van der Waals surface area contributed by atoms with Crippen LogP contribution in [-0.2, 0) is 0 Å². The van der Waals surface area contributed by atoms with Gasteiger partial charge in [0.1, 0.15) is 6.10 Å². The first-order valence-electron chi connectivity index (χ1n) is 6.80. The van der Waals surface area contributed by atoms with Crippen molar-refractivity contribution in [2.24, 2.45) is 0 Å². The molecule has 0 aliphatic heterocycles. The Morgan fingerprint density at radius 2 is 1.81 bits per heavy atom. The fourth-order valence-corrected chi connectivity index (χ4v) is 2.85. The van der Waals surface area contributed by atoms with Crippen LogP contribution in [0.3, 0.4) is 0 Å². The third-order valence-corrected chi connectivity index (χ3v) is 3.91. The first-order chi connectivity index (χ1) is 10.2. The molecule has 1 heterocycles. The van der Waals surface area contributed by atoms with Crippen LogP contribution in [0.2, 0.25) is 5.02 Å². The van der Waals surface area contributed by atoms with Gasteiger partial charge < -0.3 is 14.8 Å². The summed E-state index contributed by atoms with van der Waals surface area (Å²) in [6, 6.07) is 16.9. The van der Waals surface area contributed by atoms with E-state index in [0.29, 0.717) is 5.02 Å². The Balaban J connectivity index is 2.17. The van der Waals surface area contributed by atoms with Crippen LogP contribution in [0.4, 0.5) is 0 Å².